The van der Waals surface area contributed by atoms with Gasteiger partial charge in [0.05, 0.1) is 0 Å². The Hall–Kier alpha value is -2.10. The molecule has 1 heterocycles. The van der Waals surface area contributed by atoms with Gasteiger partial charge in [-0.3, -0.25) is 0 Å². The molecular weight excluding hydrogens is 250 g/mol. The third-order valence-electron chi connectivity index (χ3n) is 3.25. The Kier molecular flexibility index (Phi) is 4.11. The summed E-state index contributed by atoms with van der Waals surface area (Å²) >= 11 is 0. The number of fused-ring (bicyclic) bond motifs is 1. The predicted octanol–water partition coefficient (Wildman–Crippen LogP) is 3.79. The number of rotatable bonds is 6. The van der Waals surface area contributed by atoms with Crippen LogP contribution in [0.25, 0.3) is 10.9 Å². The molecule has 0 amide bonds. The quantitative estimate of drug-likeness (QED) is 0.385. The second-order valence-electron chi connectivity index (χ2n) is 4.64. The topological polar surface area (TPSA) is 23.4 Å². The predicted molar refractivity (Wildman–Crippen MR) is 79.1 cm³/mol. The van der Waals surface area contributed by atoms with Gasteiger partial charge >= 0.3 is 0 Å². The summed E-state index contributed by atoms with van der Waals surface area (Å²) in [6.07, 6.45) is 2.07. The Morgan fingerprint density at radius 2 is 1.60 bits per heavy atom. The van der Waals surface area contributed by atoms with Gasteiger partial charge in [0.2, 0.25) is 0 Å². The fourth-order valence-corrected chi connectivity index (χ4v) is 2.21. The number of para-hydroxylation sites is 1. The molecule has 0 spiro atoms. The molecule has 0 saturated carbocycles. The van der Waals surface area contributed by atoms with Gasteiger partial charge in [0, 0.05) is 18.3 Å². The van der Waals surface area contributed by atoms with E-state index in [0.717, 1.165) is 12.1 Å². The molecule has 0 atom stereocenters. The molecule has 3 heteroatoms. The zero-order valence-electron chi connectivity index (χ0n) is 11.2. The van der Waals surface area contributed by atoms with E-state index in [9.17, 15) is 0 Å². The Balaban J connectivity index is 1.46. The van der Waals surface area contributed by atoms with Crippen molar-refractivity contribution in [3.63, 3.8) is 0 Å². The number of nitrogens with zero attached hydrogens (tertiary/aromatic N) is 1. The van der Waals surface area contributed by atoms with Gasteiger partial charge < -0.3 is 4.57 Å². The van der Waals surface area contributed by atoms with Crippen LogP contribution in [0.1, 0.15) is 5.56 Å². The summed E-state index contributed by atoms with van der Waals surface area (Å²) in [7, 11) is 0. The molecule has 0 aliphatic rings. The maximum atomic E-state index is 5.24. The number of hydrogen-bond acceptors (Lipinski definition) is 2. The molecule has 0 unspecified atom stereocenters. The molecule has 3 rings (SSSR count). The summed E-state index contributed by atoms with van der Waals surface area (Å²) in [5.74, 6) is 0. The lowest BCUT2D eigenvalue weighted by Crippen LogP contribution is -2.05. The molecule has 102 valence electrons. The third-order valence-corrected chi connectivity index (χ3v) is 3.25. The molecule has 2 aromatic carbocycles. The molecule has 3 nitrogen and oxygen atoms in total. The molecular formula is C17H17NO2. The fraction of sp³-hybridized carbons (Fsp3) is 0.176. The van der Waals surface area contributed by atoms with E-state index in [1.165, 1.54) is 10.9 Å². The van der Waals surface area contributed by atoms with E-state index in [-0.39, 0.29) is 0 Å². The minimum absolute atomic E-state index is 0.479. The first-order valence-electron chi connectivity index (χ1n) is 6.76. The summed E-state index contributed by atoms with van der Waals surface area (Å²) in [4.78, 5) is 10.5. The molecule has 0 N–H and O–H groups in total. The van der Waals surface area contributed by atoms with Crippen molar-refractivity contribution in [2.24, 2.45) is 0 Å². The van der Waals surface area contributed by atoms with Crippen molar-refractivity contribution in [2.75, 3.05) is 6.61 Å². The van der Waals surface area contributed by atoms with Gasteiger partial charge in [0.25, 0.3) is 0 Å². The first-order chi connectivity index (χ1) is 9.93. The summed E-state index contributed by atoms with van der Waals surface area (Å²) in [5.41, 5.74) is 2.33. The lowest BCUT2D eigenvalue weighted by molar-refractivity contribution is -0.304. The largest absolute Gasteiger partial charge is 0.345 e. The molecule has 1 aromatic heterocycles. The highest BCUT2D eigenvalue weighted by molar-refractivity contribution is 5.79. The first kappa shape index (κ1) is 12.9. The van der Waals surface area contributed by atoms with Crippen LogP contribution in [0.15, 0.2) is 66.9 Å². The van der Waals surface area contributed by atoms with Crippen molar-refractivity contribution >= 4 is 10.9 Å². The maximum absolute atomic E-state index is 5.24. The SMILES string of the molecule is c1ccc(COOCCn2ccc3ccccc32)cc1. The summed E-state index contributed by atoms with van der Waals surface area (Å²) < 4.78 is 2.17. The van der Waals surface area contributed by atoms with Gasteiger partial charge in [0.15, 0.2) is 0 Å². The van der Waals surface area contributed by atoms with Crippen molar-refractivity contribution in [3.05, 3.63) is 72.4 Å². The zero-order valence-corrected chi connectivity index (χ0v) is 11.2. The van der Waals surface area contributed by atoms with Gasteiger partial charge in [-0.25, -0.2) is 9.78 Å². The average Bonchev–Trinajstić information content (AvgIpc) is 2.91. The monoisotopic (exact) mass is 267 g/mol. The van der Waals surface area contributed by atoms with E-state index < -0.39 is 0 Å². The van der Waals surface area contributed by atoms with Crippen molar-refractivity contribution < 1.29 is 9.78 Å². The second-order valence-corrected chi connectivity index (χ2v) is 4.64. The maximum Gasteiger partial charge on any atom is 0.107 e. The highest BCUT2D eigenvalue weighted by atomic mass is 17.2. The van der Waals surface area contributed by atoms with Crippen LogP contribution < -0.4 is 0 Å². The lowest BCUT2D eigenvalue weighted by Gasteiger charge is -2.06. The number of aromatic nitrogens is 1. The van der Waals surface area contributed by atoms with Gasteiger partial charge in [0.1, 0.15) is 13.2 Å². The van der Waals surface area contributed by atoms with E-state index in [1.807, 2.05) is 42.5 Å². The van der Waals surface area contributed by atoms with Crippen molar-refractivity contribution in [1.82, 2.24) is 4.57 Å². The minimum Gasteiger partial charge on any atom is -0.345 e. The average molecular weight is 267 g/mol. The number of benzene rings is 2. The number of hydrogen-bond donors (Lipinski definition) is 0. The van der Waals surface area contributed by atoms with E-state index >= 15 is 0 Å². The third kappa shape index (κ3) is 3.07. The standard InChI is InChI=1S/C17H17NO2/c1-2-6-15(7-3-1)14-20-19-13-12-18-11-10-16-8-4-5-9-17(16)18/h1-11H,12-14H2. The molecule has 0 saturated heterocycles. The van der Waals surface area contributed by atoms with E-state index in [0.29, 0.717) is 13.2 Å². The van der Waals surface area contributed by atoms with Crippen LogP contribution in [-0.2, 0) is 22.9 Å². The van der Waals surface area contributed by atoms with Crippen LogP contribution >= 0.6 is 0 Å². The van der Waals surface area contributed by atoms with Crippen LogP contribution in [0.2, 0.25) is 0 Å². The Morgan fingerprint density at radius 3 is 2.50 bits per heavy atom. The van der Waals surface area contributed by atoms with Gasteiger partial charge in [-0.2, -0.15) is 0 Å². The van der Waals surface area contributed by atoms with Crippen molar-refractivity contribution in [2.45, 2.75) is 13.2 Å². The first-order valence-corrected chi connectivity index (χ1v) is 6.76. The normalized spacial score (nSPS) is 11.0. The Morgan fingerprint density at radius 1 is 0.800 bits per heavy atom. The Labute approximate surface area is 118 Å². The van der Waals surface area contributed by atoms with Crippen LogP contribution in [-0.4, -0.2) is 11.2 Å². The van der Waals surface area contributed by atoms with Crippen LogP contribution in [0.3, 0.4) is 0 Å². The summed E-state index contributed by atoms with van der Waals surface area (Å²) in [6.45, 7) is 1.79. The Bertz CT molecular complexity index is 661. The highest BCUT2D eigenvalue weighted by Gasteiger charge is 1.99. The summed E-state index contributed by atoms with van der Waals surface area (Å²) in [6, 6.07) is 20.4. The van der Waals surface area contributed by atoms with Gasteiger partial charge in [-0.05, 0) is 23.1 Å². The molecule has 0 bridgehead atoms. The van der Waals surface area contributed by atoms with Gasteiger partial charge in [-0.1, -0.05) is 48.5 Å². The van der Waals surface area contributed by atoms with Crippen LogP contribution in [0.5, 0.6) is 0 Å². The fourth-order valence-electron chi connectivity index (χ4n) is 2.21. The van der Waals surface area contributed by atoms with Crippen LogP contribution in [0, 0.1) is 0 Å². The molecule has 3 aromatic rings. The molecule has 0 fully saturated rings. The lowest BCUT2D eigenvalue weighted by atomic mass is 10.2. The molecule has 0 aliphatic heterocycles. The highest BCUT2D eigenvalue weighted by Crippen LogP contribution is 2.14. The van der Waals surface area contributed by atoms with Crippen LogP contribution in [0.4, 0.5) is 0 Å². The van der Waals surface area contributed by atoms with E-state index in [2.05, 4.69) is 29.0 Å². The zero-order chi connectivity index (χ0) is 13.6. The molecule has 0 aliphatic carbocycles. The van der Waals surface area contributed by atoms with Gasteiger partial charge in [-0.15, -0.1) is 0 Å². The minimum atomic E-state index is 0.479. The van der Waals surface area contributed by atoms with Crippen molar-refractivity contribution in [1.29, 1.82) is 0 Å². The summed E-state index contributed by atoms with van der Waals surface area (Å²) in [5, 5.41) is 1.25. The van der Waals surface area contributed by atoms with E-state index in [4.69, 9.17) is 9.78 Å². The molecule has 0 radical (unpaired) electrons. The second kappa shape index (κ2) is 6.37. The molecule has 20 heavy (non-hydrogen) atoms. The smallest absolute Gasteiger partial charge is 0.107 e. The van der Waals surface area contributed by atoms with Crippen molar-refractivity contribution in [3.8, 4) is 0 Å². The van der Waals surface area contributed by atoms with E-state index in [1.54, 1.807) is 0 Å².